The number of rotatable bonds is 3. The van der Waals surface area contributed by atoms with Crippen molar-refractivity contribution in [1.82, 2.24) is 15.1 Å². The molecular formula is C16H14N4O. The summed E-state index contributed by atoms with van der Waals surface area (Å²) in [7, 11) is 0. The highest BCUT2D eigenvalue weighted by molar-refractivity contribution is 5.51. The first-order chi connectivity index (χ1) is 10.3. The van der Waals surface area contributed by atoms with Gasteiger partial charge in [0.15, 0.2) is 5.82 Å². The largest absolute Gasteiger partial charge is 0.384 e. The summed E-state index contributed by atoms with van der Waals surface area (Å²) in [6.07, 6.45) is 2.08. The Kier molecular flexibility index (Phi) is 2.54. The van der Waals surface area contributed by atoms with Crippen LogP contribution >= 0.6 is 0 Å². The summed E-state index contributed by atoms with van der Waals surface area (Å²) in [6, 6.07) is 15.7. The smallest absolute Gasteiger partial charge is 0.276 e. The molecule has 5 heteroatoms. The summed E-state index contributed by atoms with van der Waals surface area (Å²) >= 11 is 0. The molecule has 0 saturated heterocycles. The second-order valence-electron chi connectivity index (χ2n) is 5.32. The van der Waals surface area contributed by atoms with Crippen molar-refractivity contribution in [2.24, 2.45) is 0 Å². The molecule has 0 atom stereocenters. The van der Waals surface area contributed by atoms with Gasteiger partial charge in [-0.2, -0.15) is 4.98 Å². The lowest BCUT2D eigenvalue weighted by molar-refractivity contribution is 0.417. The van der Waals surface area contributed by atoms with Crippen molar-refractivity contribution in [3.63, 3.8) is 0 Å². The maximum absolute atomic E-state index is 5.69. The fourth-order valence-electron chi connectivity index (χ4n) is 2.62. The molecule has 2 aromatic heterocycles. The topological polar surface area (TPSA) is 77.8 Å². The maximum atomic E-state index is 5.69. The van der Waals surface area contributed by atoms with E-state index >= 15 is 0 Å². The first-order valence-corrected chi connectivity index (χ1v) is 6.91. The molecule has 1 fully saturated rings. The van der Waals surface area contributed by atoms with E-state index in [1.807, 2.05) is 30.3 Å². The Morgan fingerprint density at radius 2 is 1.76 bits per heavy atom. The molecule has 0 unspecified atom stereocenters. The number of anilines is 1. The van der Waals surface area contributed by atoms with Gasteiger partial charge in [0, 0.05) is 0 Å². The van der Waals surface area contributed by atoms with Gasteiger partial charge in [0.05, 0.1) is 5.41 Å². The third kappa shape index (κ3) is 1.98. The van der Waals surface area contributed by atoms with Gasteiger partial charge in [0.1, 0.15) is 11.5 Å². The Bertz CT molecular complexity index is 778. The molecule has 0 radical (unpaired) electrons. The van der Waals surface area contributed by atoms with Crippen molar-refractivity contribution in [3.8, 4) is 11.6 Å². The summed E-state index contributed by atoms with van der Waals surface area (Å²) in [4.78, 5) is 8.75. The van der Waals surface area contributed by atoms with Crippen LogP contribution in [0.4, 0.5) is 5.82 Å². The summed E-state index contributed by atoms with van der Waals surface area (Å²) in [5, 5.41) is 4.17. The van der Waals surface area contributed by atoms with Crippen LogP contribution in [-0.2, 0) is 5.41 Å². The van der Waals surface area contributed by atoms with E-state index in [0.717, 1.165) is 18.7 Å². The van der Waals surface area contributed by atoms with Crippen LogP contribution in [0, 0.1) is 0 Å². The Morgan fingerprint density at radius 1 is 0.952 bits per heavy atom. The van der Waals surface area contributed by atoms with Gasteiger partial charge in [0.25, 0.3) is 5.89 Å². The SMILES string of the molecule is Nc1cccc(-c2nc(C3(c4ccccc4)CC3)no2)n1. The normalized spacial score (nSPS) is 15.8. The van der Waals surface area contributed by atoms with Crippen molar-refractivity contribution >= 4 is 5.82 Å². The van der Waals surface area contributed by atoms with Crippen molar-refractivity contribution in [2.75, 3.05) is 5.73 Å². The number of benzene rings is 1. The molecule has 3 aromatic rings. The number of nitrogen functional groups attached to an aromatic ring is 1. The predicted molar refractivity (Wildman–Crippen MR) is 78.4 cm³/mol. The molecule has 4 rings (SSSR count). The highest BCUT2D eigenvalue weighted by Gasteiger charge is 2.49. The molecule has 0 amide bonds. The van der Waals surface area contributed by atoms with E-state index < -0.39 is 0 Å². The molecule has 1 saturated carbocycles. The number of hydrogen-bond acceptors (Lipinski definition) is 5. The van der Waals surface area contributed by atoms with Gasteiger partial charge in [0.2, 0.25) is 0 Å². The fraction of sp³-hybridized carbons (Fsp3) is 0.188. The van der Waals surface area contributed by atoms with Gasteiger partial charge in [-0.05, 0) is 30.5 Å². The third-order valence-electron chi connectivity index (χ3n) is 3.92. The lowest BCUT2D eigenvalue weighted by Crippen LogP contribution is -2.10. The lowest BCUT2D eigenvalue weighted by atomic mass is 9.95. The predicted octanol–water partition coefficient (Wildman–Crippen LogP) is 2.79. The number of aromatic nitrogens is 3. The molecule has 5 nitrogen and oxygen atoms in total. The van der Waals surface area contributed by atoms with E-state index in [1.54, 1.807) is 6.07 Å². The zero-order valence-electron chi connectivity index (χ0n) is 11.4. The van der Waals surface area contributed by atoms with Crippen LogP contribution in [0.3, 0.4) is 0 Å². The van der Waals surface area contributed by atoms with Crippen LogP contribution in [0.5, 0.6) is 0 Å². The molecule has 1 aliphatic rings. The van der Waals surface area contributed by atoms with Gasteiger partial charge in [-0.1, -0.05) is 41.6 Å². The van der Waals surface area contributed by atoms with Crippen LogP contribution in [0.25, 0.3) is 11.6 Å². The molecule has 2 N–H and O–H groups in total. The second kappa shape index (κ2) is 4.41. The second-order valence-corrected chi connectivity index (χ2v) is 5.32. The van der Waals surface area contributed by atoms with Crippen LogP contribution in [-0.4, -0.2) is 15.1 Å². The first kappa shape index (κ1) is 12.1. The molecule has 0 bridgehead atoms. The van der Waals surface area contributed by atoms with E-state index in [0.29, 0.717) is 17.4 Å². The van der Waals surface area contributed by atoms with Gasteiger partial charge >= 0.3 is 0 Å². The number of pyridine rings is 1. The van der Waals surface area contributed by atoms with Gasteiger partial charge in [-0.25, -0.2) is 4.98 Å². The van der Waals surface area contributed by atoms with Crippen LogP contribution in [0.1, 0.15) is 24.2 Å². The van der Waals surface area contributed by atoms with Gasteiger partial charge in [-0.15, -0.1) is 0 Å². The minimum absolute atomic E-state index is 0.0939. The zero-order valence-corrected chi connectivity index (χ0v) is 11.4. The minimum Gasteiger partial charge on any atom is -0.384 e. The van der Waals surface area contributed by atoms with Crippen LogP contribution < -0.4 is 5.73 Å². The van der Waals surface area contributed by atoms with E-state index in [2.05, 4.69) is 27.3 Å². The molecule has 21 heavy (non-hydrogen) atoms. The van der Waals surface area contributed by atoms with Gasteiger partial charge < -0.3 is 10.3 Å². The van der Waals surface area contributed by atoms with Gasteiger partial charge in [-0.3, -0.25) is 0 Å². The molecular weight excluding hydrogens is 264 g/mol. The third-order valence-corrected chi connectivity index (χ3v) is 3.92. The number of hydrogen-bond donors (Lipinski definition) is 1. The highest BCUT2D eigenvalue weighted by Crippen LogP contribution is 2.52. The standard InChI is InChI=1S/C16H14N4O/c17-13-8-4-7-12(18-13)14-19-15(20-21-14)16(9-10-16)11-5-2-1-3-6-11/h1-8H,9-10H2,(H2,17,18). The van der Waals surface area contributed by atoms with Crippen molar-refractivity contribution in [2.45, 2.75) is 18.3 Å². The summed E-state index contributed by atoms with van der Waals surface area (Å²) < 4.78 is 5.37. The minimum atomic E-state index is -0.0939. The van der Waals surface area contributed by atoms with Crippen molar-refractivity contribution in [3.05, 3.63) is 59.9 Å². The van der Waals surface area contributed by atoms with E-state index in [1.165, 1.54) is 5.56 Å². The van der Waals surface area contributed by atoms with Crippen molar-refractivity contribution < 1.29 is 4.52 Å². The average Bonchev–Trinajstić information content (AvgIpc) is 3.18. The molecule has 1 aliphatic carbocycles. The van der Waals surface area contributed by atoms with E-state index in [9.17, 15) is 0 Å². The maximum Gasteiger partial charge on any atom is 0.276 e. The summed E-state index contributed by atoms with van der Waals surface area (Å²) in [5.41, 5.74) is 7.44. The van der Waals surface area contributed by atoms with Crippen LogP contribution in [0.15, 0.2) is 53.1 Å². The molecule has 0 aliphatic heterocycles. The lowest BCUT2D eigenvalue weighted by Gasteiger charge is -2.09. The van der Waals surface area contributed by atoms with Crippen LogP contribution in [0.2, 0.25) is 0 Å². The molecule has 104 valence electrons. The number of nitrogens with zero attached hydrogens (tertiary/aromatic N) is 3. The Hall–Kier alpha value is -2.69. The monoisotopic (exact) mass is 278 g/mol. The van der Waals surface area contributed by atoms with E-state index in [4.69, 9.17) is 10.3 Å². The highest BCUT2D eigenvalue weighted by atomic mass is 16.5. The molecule has 2 heterocycles. The summed E-state index contributed by atoms with van der Waals surface area (Å²) in [5.74, 6) is 1.59. The zero-order chi connectivity index (χ0) is 14.3. The first-order valence-electron chi connectivity index (χ1n) is 6.91. The number of nitrogens with two attached hydrogens (primary N) is 1. The Morgan fingerprint density at radius 3 is 2.48 bits per heavy atom. The molecule has 1 aromatic carbocycles. The summed E-state index contributed by atoms with van der Waals surface area (Å²) in [6.45, 7) is 0. The fourth-order valence-corrected chi connectivity index (χ4v) is 2.62. The molecule has 0 spiro atoms. The van der Waals surface area contributed by atoms with Crippen molar-refractivity contribution in [1.29, 1.82) is 0 Å². The quantitative estimate of drug-likeness (QED) is 0.797. The van der Waals surface area contributed by atoms with E-state index in [-0.39, 0.29) is 5.41 Å². The average molecular weight is 278 g/mol. The Labute approximate surface area is 121 Å². The Balaban J connectivity index is 1.72.